The van der Waals surface area contributed by atoms with Crippen molar-refractivity contribution in [2.24, 2.45) is 11.8 Å². The third-order valence-corrected chi connectivity index (χ3v) is 4.57. The van der Waals surface area contributed by atoms with Crippen LogP contribution >= 0.6 is 15.9 Å². The van der Waals surface area contributed by atoms with E-state index in [9.17, 15) is 27.6 Å². The van der Waals surface area contributed by atoms with Gasteiger partial charge in [-0.15, -0.1) is 0 Å². The van der Waals surface area contributed by atoms with E-state index in [1.165, 1.54) is 6.07 Å². The summed E-state index contributed by atoms with van der Waals surface area (Å²) in [5.41, 5.74) is -0.614. The molecular weight excluding hydrogens is 385 g/mol. The maximum atomic E-state index is 12.9. The van der Waals surface area contributed by atoms with Gasteiger partial charge in [0.25, 0.3) is 11.5 Å². The van der Waals surface area contributed by atoms with E-state index in [-0.39, 0.29) is 5.56 Å². The minimum absolute atomic E-state index is 0.338. The number of carboxylic acids is 1. The fourth-order valence-electron chi connectivity index (χ4n) is 2.48. The molecular formula is C13H12BrF3N2O4. The van der Waals surface area contributed by atoms with Gasteiger partial charge in [-0.3, -0.25) is 14.4 Å². The van der Waals surface area contributed by atoms with E-state index < -0.39 is 48.5 Å². The summed E-state index contributed by atoms with van der Waals surface area (Å²) < 4.78 is 39.2. The van der Waals surface area contributed by atoms with Crippen molar-refractivity contribution in [1.29, 1.82) is 0 Å². The number of nitrogens with one attached hydrogen (secondary N) is 1. The lowest BCUT2D eigenvalue weighted by molar-refractivity contribution is -0.187. The maximum Gasteiger partial charge on any atom is 0.394 e. The molecule has 1 aliphatic heterocycles. The van der Waals surface area contributed by atoms with Gasteiger partial charge in [0.05, 0.1) is 11.8 Å². The Balaban J connectivity index is 2.33. The van der Waals surface area contributed by atoms with Crippen LogP contribution in [0.4, 0.5) is 13.2 Å². The number of aromatic nitrogens is 1. The number of carbonyl (C=O) groups excluding carboxylic acids is 1. The Morgan fingerprint density at radius 3 is 2.48 bits per heavy atom. The number of hydrogen-bond donors (Lipinski definition) is 2. The lowest BCUT2D eigenvalue weighted by Gasteiger charge is -2.18. The normalized spacial score (nSPS) is 21.5. The summed E-state index contributed by atoms with van der Waals surface area (Å²) in [5.74, 6) is -6.45. The van der Waals surface area contributed by atoms with Gasteiger partial charge in [-0.1, -0.05) is 0 Å². The number of likely N-dealkylation sites (tertiary alicyclic amines) is 1. The van der Waals surface area contributed by atoms with Crippen LogP contribution in [0.15, 0.2) is 15.3 Å². The van der Waals surface area contributed by atoms with Crippen LogP contribution in [0.3, 0.4) is 0 Å². The Bertz CT molecular complexity index is 716. The molecule has 0 aromatic carbocycles. The van der Waals surface area contributed by atoms with Crippen molar-refractivity contribution in [3.63, 3.8) is 0 Å². The molecule has 0 unspecified atom stereocenters. The van der Waals surface area contributed by atoms with Crippen molar-refractivity contribution in [3.05, 3.63) is 32.2 Å². The molecule has 0 radical (unpaired) electrons. The number of rotatable bonds is 2. The Morgan fingerprint density at radius 1 is 1.39 bits per heavy atom. The molecule has 2 N–H and O–H groups in total. The van der Waals surface area contributed by atoms with Gasteiger partial charge >= 0.3 is 12.1 Å². The van der Waals surface area contributed by atoms with Crippen LogP contribution < -0.4 is 5.56 Å². The van der Waals surface area contributed by atoms with Crippen molar-refractivity contribution in [2.45, 2.75) is 13.1 Å². The predicted molar refractivity (Wildman–Crippen MR) is 76.1 cm³/mol. The van der Waals surface area contributed by atoms with Crippen LogP contribution in [-0.4, -0.2) is 46.1 Å². The molecule has 1 aliphatic rings. The molecule has 1 aromatic rings. The number of carbonyl (C=O) groups is 2. The molecule has 2 rings (SSSR count). The number of amides is 1. The average Bonchev–Trinajstić information content (AvgIpc) is 2.87. The highest BCUT2D eigenvalue weighted by Crippen LogP contribution is 2.38. The van der Waals surface area contributed by atoms with Gasteiger partial charge in [0.2, 0.25) is 0 Å². The number of hydrogen-bond acceptors (Lipinski definition) is 3. The SMILES string of the molecule is Cc1[nH]c(=O)c(C(=O)N2C[C@@H](C(F)(F)F)[C@H](C(=O)O)C2)cc1Br. The van der Waals surface area contributed by atoms with Crippen LogP contribution in [0, 0.1) is 18.8 Å². The summed E-state index contributed by atoms with van der Waals surface area (Å²) in [7, 11) is 0. The van der Waals surface area contributed by atoms with Crippen molar-refractivity contribution < 1.29 is 27.9 Å². The van der Waals surface area contributed by atoms with Gasteiger partial charge in [-0.2, -0.15) is 13.2 Å². The number of halogens is 4. The monoisotopic (exact) mass is 396 g/mol. The standard InChI is InChI=1S/C13H12BrF3N2O4/c1-5-9(14)2-6(10(20)18-5)11(21)19-3-7(12(22)23)8(4-19)13(15,16)17/h2,7-8H,3-4H2,1H3,(H,18,20)(H,22,23)/t7-,8-/m1/s1. The van der Waals surface area contributed by atoms with Crippen molar-refractivity contribution in [3.8, 4) is 0 Å². The Labute approximate surface area is 136 Å². The number of carboxylic acid groups (broad SMARTS) is 1. The summed E-state index contributed by atoms with van der Waals surface area (Å²) in [4.78, 5) is 38.3. The summed E-state index contributed by atoms with van der Waals surface area (Å²) in [6, 6.07) is 1.22. The van der Waals surface area contributed by atoms with Crippen LogP contribution in [-0.2, 0) is 4.79 Å². The second-order valence-corrected chi connectivity index (χ2v) is 6.14. The fraction of sp³-hybridized carbons (Fsp3) is 0.462. The number of alkyl halides is 3. The first-order valence-electron chi connectivity index (χ1n) is 6.50. The number of H-pyrrole nitrogens is 1. The largest absolute Gasteiger partial charge is 0.481 e. The lowest BCUT2D eigenvalue weighted by Crippen LogP contribution is -2.35. The summed E-state index contributed by atoms with van der Waals surface area (Å²) in [6.07, 6.45) is -4.74. The van der Waals surface area contributed by atoms with Gasteiger partial charge in [0.15, 0.2) is 0 Å². The summed E-state index contributed by atoms with van der Waals surface area (Å²) in [6.45, 7) is 0.198. The minimum Gasteiger partial charge on any atom is -0.481 e. The molecule has 6 nitrogen and oxygen atoms in total. The van der Waals surface area contributed by atoms with Crippen molar-refractivity contribution in [1.82, 2.24) is 9.88 Å². The zero-order valence-corrected chi connectivity index (χ0v) is 13.4. The zero-order valence-electron chi connectivity index (χ0n) is 11.8. The molecule has 10 heteroatoms. The van der Waals surface area contributed by atoms with E-state index in [0.717, 1.165) is 4.90 Å². The predicted octanol–water partition coefficient (Wildman–Crippen LogP) is 1.78. The average molecular weight is 397 g/mol. The molecule has 1 fully saturated rings. The van der Waals surface area contributed by atoms with Crippen LogP contribution in [0.1, 0.15) is 16.1 Å². The zero-order chi connectivity index (χ0) is 17.5. The van der Waals surface area contributed by atoms with E-state index in [2.05, 4.69) is 20.9 Å². The van der Waals surface area contributed by atoms with Gasteiger partial charge in [-0.25, -0.2) is 0 Å². The highest BCUT2D eigenvalue weighted by molar-refractivity contribution is 9.10. The molecule has 1 saturated heterocycles. The highest BCUT2D eigenvalue weighted by atomic mass is 79.9. The Hall–Kier alpha value is -1.84. The molecule has 0 bridgehead atoms. The van der Waals surface area contributed by atoms with Gasteiger partial charge < -0.3 is 15.0 Å². The van der Waals surface area contributed by atoms with E-state index in [4.69, 9.17) is 5.11 Å². The van der Waals surface area contributed by atoms with Crippen LogP contribution in [0.5, 0.6) is 0 Å². The van der Waals surface area contributed by atoms with Gasteiger partial charge in [0.1, 0.15) is 5.56 Å². The molecule has 0 aliphatic carbocycles. The molecule has 2 atom stereocenters. The maximum absolute atomic E-state index is 12.9. The molecule has 1 aromatic heterocycles. The first-order chi connectivity index (χ1) is 10.5. The quantitative estimate of drug-likeness (QED) is 0.796. The smallest absolute Gasteiger partial charge is 0.394 e. The topological polar surface area (TPSA) is 90.5 Å². The number of pyridine rings is 1. The number of nitrogens with zero attached hydrogens (tertiary/aromatic N) is 1. The van der Waals surface area contributed by atoms with Gasteiger partial charge in [0, 0.05) is 23.3 Å². The van der Waals surface area contributed by atoms with E-state index in [1.807, 2.05) is 0 Å². The fourth-order valence-corrected chi connectivity index (χ4v) is 2.81. The van der Waals surface area contributed by atoms with E-state index in [0.29, 0.717) is 10.2 Å². The van der Waals surface area contributed by atoms with Gasteiger partial charge in [-0.05, 0) is 28.9 Å². The number of aromatic amines is 1. The number of aryl methyl sites for hydroxylation is 1. The summed E-state index contributed by atoms with van der Waals surface area (Å²) in [5, 5.41) is 8.94. The molecule has 0 spiro atoms. The Morgan fingerprint density at radius 2 is 2.00 bits per heavy atom. The molecule has 23 heavy (non-hydrogen) atoms. The summed E-state index contributed by atoms with van der Waals surface area (Å²) >= 11 is 3.12. The lowest BCUT2D eigenvalue weighted by atomic mass is 9.96. The second-order valence-electron chi connectivity index (χ2n) is 5.29. The minimum atomic E-state index is -4.74. The molecule has 1 amide bonds. The van der Waals surface area contributed by atoms with E-state index >= 15 is 0 Å². The third-order valence-electron chi connectivity index (χ3n) is 3.75. The molecule has 0 saturated carbocycles. The van der Waals surface area contributed by atoms with Crippen LogP contribution in [0.2, 0.25) is 0 Å². The highest BCUT2D eigenvalue weighted by Gasteiger charge is 2.53. The van der Waals surface area contributed by atoms with Crippen LogP contribution in [0.25, 0.3) is 0 Å². The first-order valence-corrected chi connectivity index (χ1v) is 7.30. The van der Waals surface area contributed by atoms with Crippen molar-refractivity contribution in [2.75, 3.05) is 13.1 Å². The van der Waals surface area contributed by atoms with Crippen molar-refractivity contribution >= 4 is 27.8 Å². The molecule has 126 valence electrons. The third kappa shape index (κ3) is 3.41. The molecule has 2 heterocycles. The number of aliphatic carboxylic acids is 1. The first kappa shape index (κ1) is 17.5. The Kier molecular flexibility index (Phi) is 4.56. The second kappa shape index (κ2) is 5.99. The van der Waals surface area contributed by atoms with E-state index in [1.54, 1.807) is 6.92 Å².